The smallest absolute Gasteiger partial charge is 0.282 e. The van der Waals surface area contributed by atoms with Crippen molar-refractivity contribution < 1.29 is 13.0 Å². The maximum absolute atomic E-state index is 10.9. The zero-order valence-corrected chi connectivity index (χ0v) is 9.89. The molecule has 0 atom stereocenters. The molecule has 0 spiro atoms. The van der Waals surface area contributed by atoms with Crippen molar-refractivity contribution in [1.29, 1.82) is 0 Å². The van der Waals surface area contributed by atoms with E-state index in [0.717, 1.165) is 5.57 Å². The number of rotatable bonds is 2. The Morgan fingerprint density at radius 2 is 2.07 bits per heavy atom. The summed E-state index contributed by atoms with van der Waals surface area (Å²) < 4.78 is 31.1. The van der Waals surface area contributed by atoms with Crippen LogP contribution in [0.2, 0.25) is 0 Å². The minimum absolute atomic E-state index is 0.141. The summed E-state index contributed by atoms with van der Waals surface area (Å²) >= 11 is 3.12. The van der Waals surface area contributed by atoms with Crippen LogP contribution in [0.5, 0.6) is 0 Å². The van der Waals surface area contributed by atoms with Gasteiger partial charge in [0.15, 0.2) is 0 Å². The third-order valence-electron chi connectivity index (χ3n) is 1.70. The maximum atomic E-state index is 10.9. The van der Waals surface area contributed by atoms with Crippen molar-refractivity contribution in [1.82, 2.24) is 0 Å². The normalized spacial score (nSPS) is 11.4. The molecule has 1 N–H and O–H groups in total. The van der Waals surface area contributed by atoms with Crippen LogP contribution in [0.3, 0.4) is 0 Å². The fourth-order valence-corrected chi connectivity index (χ4v) is 2.84. The Bertz CT molecular complexity index is 477. The third-order valence-corrected chi connectivity index (χ3v) is 3.71. The highest BCUT2D eigenvalue weighted by molar-refractivity contribution is 9.10. The molecule has 14 heavy (non-hydrogen) atoms. The van der Waals surface area contributed by atoms with Crippen LogP contribution in [-0.4, -0.2) is 13.0 Å². The average Bonchev–Trinajstić information content (AvgIpc) is 2.01. The van der Waals surface area contributed by atoms with Crippen molar-refractivity contribution in [2.45, 2.75) is 11.8 Å². The van der Waals surface area contributed by atoms with Crippen LogP contribution in [0.15, 0.2) is 34.1 Å². The van der Waals surface area contributed by atoms with Gasteiger partial charge in [-0.25, -0.2) is 0 Å². The van der Waals surface area contributed by atoms with Gasteiger partial charge in [-0.3, -0.25) is 4.55 Å². The molecule has 76 valence electrons. The van der Waals surface area contributed by atoms with Crippen LogP contribution in [0.4, 0.5) is 0 Å². The van der Waals surface area contributed by atoms with Gasteiger partial charge in [0.25, 0.3) is 10.1 Å². The van der Waals surface area contributed by atoms with Crippen LogP contribution in [-0.2, 0) is 10.1 Å². The van der Waals surface area contributed by atoms with Gasteiger partial charge in [-0.15, -0.1) is 0 Å². The molecule has 0 saturated carbocycles. The predicted octanol–water partition coefficient (Wildman–Crippen LogP) is 2.73. The summed E-state index contributed by atoms with van der Waals surface area (Å²) in [6.45, 7) is 5.46. The minimum atomic E-state index is -4.18. The predicted molar refractivity (Wildman–Crippen MR) is 58.7 cm³/mol. The summed E-state index contributed by atoms with van der Waals surface area (Å²) in [5, 5.41) is 0. The highest BCUT2D eigenvalue weighted by Gasteiger charge is 2.16. The second-order valence-corrected chi connectivity index (χ2v) is 5.06. The Kier molecular flexibility index (Phi) is 3.14. The van der Waals surface area contributed by atoms with Crippen molar-refractivity contribution in [3.8, 4) is 0 Å². The quantitative estimate of drug-likeness (QED) is 0.846. The standard InChI is InChI=1S/C9H9BrO3S/c1-6(2)7-4-3-5-8(9(7)10)14(11,12)13/h3-5H,1H2,2H3,(H,11,12,13). The van der Waals surface area contributed by atoms with E-state index in [0.29, 0.717) is 10.0 Å². The van der Waals surface area contributed by atoms with Gasteiger partial charge >= 0.3 is 0 Å². The number of halogens is 1. The van der Waals surface area contributed by atoms with Gasteiger partial charge in [-0.1, -0.05) is 18.7 Å². The zero-order chi connectivity index (χ0) is 10.9. The van der Waals surface area contributed by atoms with E-state index in [9.17, 15) is 8.42 Å². The Hall–Kier alpha value is -0.650. The van der Waals surface area contributed by atoms with Gasteiger partial charge in [0.2, 0.25) is 0 Å². The molecule has 1 aromatic rings. The lowest BCUT2D eigenvalue weighted by atomic mass is 10.1. The summed E-state index contributed by atoms with van der Waals surface area (Å²) in [5.41, 5.74) is 1.39. The Labute approximate surface area is 91.3 Å². The largest absolute Gasteiger partial charge is 0.295 e. The first-order valence-electron chi connectivity index (χ1n) is 3.76. The molecular formula is C9H9BrO3S. The Balaban J connectivity index is 3.51. The number of hydrogen-bond donors (Lipinski definition) is 1. The van der Waals surface area contributed by atoms with Gasteiger partial charge in [0, 0.05) is 4.47 Å². The van der Waals surface area contributed by atoms with Crippen molar-refractivity contribution in [3.05, 3.63) is 34.8 Å². The lowest BCUT2D eigenvalue weighted by molar-refractivity contribution is 0.482. The first kappa shape index (κ1) is 11.4. The first-order valence-corrected chi connectivity index (χ1v) is 5.99. The molecule has 0 heterocycles. The van der Waals surface area contributed by atoms with E-state index in [1.165, 1.54) is 6.07 Å². The Morgan fingerprint density at radius 1 is 1.50 bits per heavy atom. The summed E-state index contributed by atoms with van der Waals surface area (Å²) in [4.78, 5) is -0.141. The second-order valence-electron chi connectivity index (χ2n) is 2.87. The lowest BCUT2D eigenvalue weighted by Gasteiger charge is -2.06. The highest BCUT2D eigenvalue weighted by Crippen LogP contribution is 2.29. The molecule has 0 aliphatic rings. The Morgan fingerprint density at radius 3 is 2.50 bits per heavy atom. The fraction of sp³-hybridized carbons (Fsp3) is 0.111. The molecule has 0 unspecified atom stereocenters. The molecule has 0 radical (unpaired) electrons. The average molecular weight is 277 g/mol. The van der Waals surface area contributed by atoms with Crippen LogP contribution >= 0.6 is 15.9 Å². The van der Waals surface area contributed by atoms with E-state index >= 15 is 0 Å². The summed E-state index contributed by atoms with van der Waals surface area (Å²) in [5.74, 6) is 0. The molecule has 0 fully saturated rings. The maximum Gasteiger partial charge on any atom is 0.295 e. The molecule has 0 aromatic heterocycles. The van der Waals surface area contributed by atoms with Crippen LogP contribution < -0.4 is 0 Å². The second kappa shape index (κ2) is 3.84. The van der Waals surface area contributed by atoms with E-state index in [1.807, 2.05) is 0 Å². The highest BCUT2D eigenvalue weighted by atomic mass is 79.9. The molecule has 0 aliphatic heterocycles. The van der Waals surface area contributed by atoms with Crippen molar-refractivity contribution in [2.75, 3.05) is 0 Å². The number of allylic oxidation sites excluding steroid dienone is 1. The summed E-state index contributed by atoms with van der Waals surface area (Å²) in [6, 6.07) is 4.60. The van der Waals surface area contributed by atoms with Gasteiger partial charge in [0.1, 0.15) is 4.90 Å². The number of benzene rings is 1. The number of hydrogen-bond acceptors (Lipinski definition) is 2. The van der Waals surface area contributed by atoms with Crippen molar-refractivity contribution >= 4 is 31.6 Å². The summed E-state index contributed by atoms with van der Waals surface area (Å²) in [7, 11) is -4.18. The molecule has 0 bridgehead atoms. The van der Waals surface area contributed by atoms with Gasteiger partial charge < -0.3 is 0 Å². The van der Waals surface area contributed by atoms with E-state index in [1.54, 1.807) is 19.1 Å². The van der Waals surface area contributed by atoms with Gasteiger partial charge in [0.05, 0.1) is 0 Å². The monoisotopic (exact) mass is 276 g/mol. The topological polar surface area (TPSA) is 54.4 Å². The van der Waals surface area contributed by atoms with Crippen LogP contribution in [0.1, 0.15) is 12.5 Å². The lowest BCUT2D eigenvalue weighted by Crippen LogP contribution is -2.00. The molecule has 1 aromatic carbocycles. The first-order chi connectivity index (χ1) is 6.34. The molecule has 0 amide bonds. The third kappa shape index (κ3) is 2.23. The molecule has 1 rings (SSSR count). The van der Waals surface area contributed by atoms with E-state index in [-0.39, 0.29) is 4.90 Å². The molecular weight excluding hydrogens is 268 g/mol. The van der Waals surface area contributed by atoms with Crippen LogP contribution in [0, 0.1) is 0 Å². The van der Waals surface area contributed by atoms with E-state index < -0.39 is 10.1 Å². The molecule has 3 nitrogen and oxygen atoms in total. The summed E-state index contributed by atoms with van der Waals surface area (Å²) in [6.07, 6.45) is 0. The van der Waals surface area contributed by atoms with Gasteiger partial charge in [-0.2, -0.15) is 8.42 Å². The SMILES string of the molecule is C=C(C)c1cccc(S(=O)(=O)O)c1Br. The fourth-order valence-electron chi connectivity index (χ4n) is 1.04. The van der Waals surface area contributed by atoms with E-state index in [4.69, 9.17) is 4.55 Å². The minimum Gasteiger partial charge on any atom is -0.282 e. The van der Waals surface area contributed by atoms with Crippen molar-refractivity contribution in [2.24, 2.45) is 0 Å². The van der Waals surface area contributed by atoms with E-state index in [2.05, 4.69) is 22.5 Å². The molecule has 5 heteroatoms. The van der Waals surface area contributed by atoms with Crippen molar-refractivity contribution in [3.63, 3.8) is 0 Å². The molecule has 0 aliphatic carbocycles. The van der Waals surface area contributed by atoms with Gasteiger partial charge in [-0.05, 0) is 40.1 Å². The molecule has 0 saturated heterocycles. The van der Waals surface area contributed by atoms with Crippen LogP contribution in [0.25, 0.3) is 5.57 Å². The zero-order valence-electron chi connectivity index (χ0n) is 7.49.